The summed E-state index contributed by atoms with van der Waals surface area (Å²) in [5.41, 5.74) is 5.91. The second-order valence-corrected chi connectivity index (χ2v) is 6.54. The third kappa shape index (κ3) is 8.42. The number of nitrogens with two attached hydrogens (primary N) is 1. The molecule has 1 saturated heterocycles. The first-order valence-corrected chi connectivity index (χ1v) is 8.28. The second kappa shape index (κ2) is 9.90. The first-order valence-electron chi connectivity index (χ1n) is 8.28. The fraction of sp³-hybridized carbons (Fsp3) is 0.933. The standard InChI is InChI=1S/C15H27F3N4.HI/c16-15(17,18)11-22-8-6-12(7-9-22)10-20-14(19)21-13-4-2-1-3-5-13;/h12-13H,1-11H2,(H3,19,20,21);1H. The summed E-state index contributed by atoms with van der Waals surface area (Å²) in [7, 11) is 0. The van der Waals surface area contributed by atoms with Gasteiger partial charge in [-0.3, -0.25) is 9.89 Å². The number of guanidine groups is 1. The first-order chi connectivity index (χ1) is 10.4. The van der Waals surface area contributed by atoms with E-state index in [4.69, 9.17) is 5.73 Å². The molecule has 23 heavy (non-hydrogen) atoms. The summed E-state index contributed by atoms with van der Waals surface area (Å²) in [5, 5.41) is 3.27. The summed E-state index contributed by atoms with van der Waals surface area (Å²) in [6, 6.07) is 0.436. The van der Waals surface area contributed by atoms with Crippen LogP contribution < -0.4 is 11.1 Å². The van der Waals surface area contributed by atoms with Crippen LogP contribution in [0.2, 0.25) is 0 Å². The van der Waals surface area contributed by atoms with Crippen LogP contribution in [0.3, 0.4) is 0 Å². The summed E-state index contributed by atoms with van der Waals surface area (Å²) in [5.74, 6) is 0.834. The van der Waals surface area contributed by atoms with Gasteiger partial charge in [0, 0.05) is 12.6 Å². The van der Waals surface area contributed by atoms with Crippen LogP contribution in [0.15, 0.2) is 4.99 Å². The number of halogens is 4. The molecule has 1 aliphatic heterocycles. The van der Waals surface area contributed by atoms with Crippen molar-refractivity contribution in [2.45, 2.75) is 57.2 Å². The fourth-order valence-electron chi connectivity index (χ4n) is 3.31. The monoisotopic (exact) mass is 448 g/mol. The van der Waals surface area contributed by atoms with Crippen LogP contribution in [0.25, 0.3) is 0 Å². The molecule has 0 aromatic carbocycles. The molecule has 8 heteroatoms. The second-order valence-electron chi connectivity index (χ2n) is 6.54. The number of aliphatic imine (C=N–C) groups is 1. The van der Waals surface area contributed by atoms with E-state index in [1.54, 1.807) is 0 Å². The van der Waals surface area contributed by atoms with E-state index in [-0.39, 0.29) is 24.0 Å². The highest BCUT2D eigenvalue weighted by Crippen LogP contribution is 2.22. The van der Waals surface area contributed by atoms with Gasteiger partial charge in [0.2, 0.25) is 0 Å². The van der Waals surface area contributed by atoms with Crippen LogP contribution in [0.4, 0.5) is 13.2 Å². The van der Waals surface area contributed by atoms with Gasteiger partial charge in [0.05, 0.1) is 6.54 Å². The molecule has 0 amide bonds. The number of alkyl halides is 3. The quantitative estimate of drug-likeness (QED) is 0.395. The summed E-state index contributed by atoms with van der Waals surface area (Å²) in [4.78, 5) is 5.86. The maximum atomic E-state index is 12.3. The molecule has 0 aromatic heterocycles. The van der Waals surface area contributed by atoms with Crippen molar-refractivity contribution in [2.24, 2.45) is 16.6 Å². The Bertz CT molecular complexity index is 362. The van der Waals surface area contributed by atoms with Gasteiger partial charge >= 0.3 is 6.18 Å². The van der Waals surface area contributed by atoms with E-state index < -0.39 is 12.7 Å². The van der Waals surface area contributed by atoms with Crippen LogP contribution in [0.1, 0.15) is 44.9 Å². The summed E-state index contributed by atoms with van der Waals surface area (Å²) < 4.78 is 37.0. The highest BCUT2D eigenvalue weighted by Gasteiger charge is 2.32. The Hall–Kier alpha value is -0.250. The SMILES string of the molecule is I.NC(=NCC1CCN(CC(F)(F)F)CC1)NC1CCCCC1. The van der Waals surface area contributed by atoms with Crippen molar-refractivity contribution in [1.82, 2.24) is 10.2 Å². The van der Waals surface area contributed by atoms with Gasteiger partial charge in [0.15, 0.2) is 5.96 Å². The average molecular weight is 448 g/mol. The first kappa shape index (κ1) is 20.8. The molecule has 4 nitrogen and oxygen atoms in total. The van der Waals surface area contributed by atoms with E-state index in [2.05, 4.69) is 10.3 Å². The molecule has 0 unspecified atom stereocenters. The highest BCUT2D eigenvalue weighted by atomic mass is 127. The molecule has 0 spiro atoms. The van der Waals surface area contributed by atoms with Crippen molar-refractivity contribution in [3.8, 4) is 0 Å². The van der Waals surface area contributed by atoms with Crippen molar-refractivity contribution in [3.63, 3.8) is 0 Å². The van der Waals surface area contributed by atoms with Gasteiger partial charge in [-0.15, -0.1) is 24.0 Å². The van der Waals surface area contributed by atoms with E-state index in [9.17, 15) is 13.2 Å². The molecular formula is C15H28F3IN4. The van der Waals surface area contributed by atoms with Gasteiger partial charge in [0.25, 0.3) is 0 Å². The number of piperidine rings is 1. The molecule has 136 valence electrons. The molecule has 2 aliphatic rings. The summed E-state index contributed by atoms with van der Waals surface area (Å²) >= 11 is 0. The van der Waals surface area contributed by atoms with Gasteiger partial charge in [-0.05, 0) is 44.7 Å². The Morgan fingerprint density at radius 2 is 1.70 bits per heavy atom. The van der Waals surface area contributed by atoms with Crippen molar-refractivity contribution in [2.75, 3.05) is 26.2 Å². The van der Waals surface area contributed by atoms with E-state index >= 15 is 0 Å². The lowest BCUT2D eigenvalue weighted by Gasteiger charge is -2.31. The lowest BCUT2D eigenvalue weighted by atomic mass is 9.95. The number of nitrogens with zero attached hydrogens (tertiary/aromatic N) is 2. The molecule has 1 saturated carbocycles. The Morgan fingerprint density at radius 3 is 2.26 bits per heavy atom. The number of hydrogen-bond donors (Lipinski definition) is 2. The molecule has 0 atom stereocenters. The minimum absolute atomic E-state index is 0. The summed E-state index contributed by atoms with van der Waals surface area (Å²) in [6.07, 6.45) is 3.49. The minimum Gasteiger partial charge on any atom is -0.370 e. The van der Waals surface area contributed by atoms with Crippen LogP contribution in [-0.4, -0.2) is 49.3 Å². The van der Waals surface area contributed by atoms with Crippen LogP contribution >= 0.6 is 24.0 Å². The van der Waals surface area contributed by atoms with Crippen molar-refractivity contribution in [1.29, 1.82) is 0 Å². The van der Waals surface area contributed by atoms with Crippen LogP contribution in [0.5, 0.6) is 0 Å². The van der Waals surface area contributed by atoms with Gasteiger partial charge in [-0.25, -0.2) is 0 Å². The third-order valence-corrected chi connectivity index (χ3v) is 4.59. The Labute approximate surface area is 153 Å². The van der Waals surface area contributed by atoms with Gasteiger partial charge in [-0.1, -0.05) is 19.3 Å². The molecule has 2 rings (SSSR count). The Morgan fingerprint density at radius 1 is 1.09 bits per heavy atom. The molecule has 3 N–H and O–H groups in total. The maximum Gasteiger partial charge on any atom is 0.401 e. The summed E-state index contributed by atoms with van der Waals surface area (Å²) in [6.45, 7) is 0.811. The van der Waals surface area contributed by atoms with Crippen LogP contribution in [-0.2, 0) is 0 Å². The predicted molar refractivity (Wildman–Crippen MR) is 97.1 cm³/mol. The van der Waals surface area contributed by atoms with Crippen molar-refractivity contribution >= 4 is 29.9 Å². The number of hydrogen-bond acceptors (Lipinski definition) is 2. The normalized spacial score (nSPS) is 22.7. The smallest absolute Gasteiger partial charge is 0.370 e. The molecule has 1 aliphatic carbocycles. The molecule has 2 fully saturated rings. The fourth-order valence-corrected chi connectivity index (χ4v) is 3.31. The van der Waals surface area contributed by atoms with Crippen molar-refractivity contribution < 1.29 is 13.2 Å². The topological polar surface area (TPSA) is 53.6 Å². The maximum absolute atomic E-state index is 12.3. The lowest BCUT2D eigenvalue weighted by Crippen LogP contribution is -2.42. The van der Waals surface area contributed by atoms with Gasteiger partial charge < -0.3 is 11.1 Å². The van der Waals surface area contributed by atoms with E-state index in [1.807, 2.05) is 0 Å². The molecule has 1 heterocycles. The van der Waals surface area contributed by atoms with E-state index in [0.717, 1.165) is 25.7 Å². The van der Waals surface area contributed by atoms with Crippen molar-refractivity contribution in [3.05, 3.63) is 0 Å². The lowest BCUT2D eigenvalue weighted by molar-refractivity contribution is -0.148. The zero-order valence-electron chi connectivity index (χ0n) is 13.4. The molecule has 0 bridgehead atoms. The predicted octanol–water partition coefficient (Wildman–Crippen LogP) is 3.12. The zero-order chi connectivity index (χ0) is 16.0. The molecule has 0 radical (unpaired) electrons. The van der Waals surface area contributed by atoms with E-state index in [1.165, 1.54) is 24.2 Å². The van der Waals surface area contributed by atoms with Gasteiger partial charge in [-0.2, -0.15) is 13.2 Å². The highest BCUT2D eigenvalue weighted by molar-refractivity contribution is 14.0. The molecular weight excluding hydrogens is 420 g/mol. The number of rotatable bonds is 4. The number of nitrogens with one attached hydrogen (secondary N) is 1. The Balaban J connectivity index is 0.00000264. The van der Waals surface area contributed by atoms with Gasteiger partial charge in [0.1, 0.15) is 0 Å². The Kier molecular flexibility index (Phi) is 8.95. The zero-order valence-corrected chi connectivity index (χ0v) is 15.8. The largest absolute Gasteiger partial charge is 0.401 e. The third-order valence-electron chi connectivity index (χ3n) is 4.59. The van der Waals surface area contributed by atoms with Crippen LogP contribution in [0, 0.1) is 5.92 Å². The molecule has 0 aromatic rings. The minimum atomic E-state index is -4.10. The van der Waals surface area contributed by atoms with E-state index in [0.29, 0.717) is 37.6 Å². The number of likely N-dealkylation sites (tertiary alicyclic amines) is 1. The average Bonchev–Trinajstić information content (AvgIpc) is 2.46.